The van der Waals surface area contributed by atoms with E-state index in [1.54, 1.807) is 0 Å². The van der Waals surface area contributed by atoms with Gasteiger partial charge in [-0.2, -0.15) is 0 Å². The number of aliphatic hydroxyl groups excluding tert-OH is 1. The molecule has 1 aromatic rings. The average Bonchev–Trinajstić information content (AvgIpc) is 2.72. The summed E-state index contributed by atoms with van der Waals surface area (Å²) in [6, 6.07) is 10.3. The summed E-state index contributed by atoms with van der Waals surface area (Å²) < 4.78 is 6.20. The third-order valence-corrected chi connectivity index (χ3v) is 5.46. The average molecular weight is 407 g/mol. The van der Waals surface area contributed by atoms with Crippen LogP contribution in [0.15, 0.2) is 30.3 Å². The van der Waals surface area contributed by atoms with E-state index >= 15 is 0 Å². The van der Waals surface area contributed by atoms with Gasteiger partial charge >= 0.3 is 5.97 Å². The van der Waals surface area contributed by atoms with Crippen LogP contribution in [0.2, 0.25) is 0 Å². The minimum atomic E-state index is -0.721. The second-order valence-corrected chi connectivity index (χ2v) is 8.20. The molecule has 0 fully saturated rings. The molecule has 166 valence electrons. The molecule has 0 spiro atoms. The molecule has 2 N–H and O–H groups in total. The standard InChI is InChI=1S/C25H42O4/c1-2-3-4-5-12-17-24(29-21-22-14-9-8-10-15-22)20-19-23(26)16-11-6-7-13-18-25(27)28/h8-10,14-15,23-24,26H,2-7,11-13,16-21H2,1H3,(H,27,28). The van der Waals surface area contributed by atoms with Crippen LogP contribution in [-0.2, 0) is 16.1 Å². The Kier molecular flexibility index (Phi) is 15.4. The summed E-state index contributed by atoms with van der Waals surface area (Å²) in [4.78, 5) is 10.5. The lowest BCUT2D eigenvalue weighted by molar-refractivity contribution is -0.137. The molecule has 2 atom stereocenters. The molecule has 4 heteroatoms. The first-order valence-corrected chi connectivity index (χ1v) is 11.7. The van der Waals surface area contributed by atoms with Crippen molar-refractivity contribution in [3.63, 3.8) is 0 Å². The van der Waals surface area contributed by atoms with E-state index in [1.165, 1.54) is 37.7 Å². The molecule has 0 aromatic heterocycles. The Morgan fingerprint density at radius 1 is 0.862 bits per heavy atom. The molecule has 1 aromatic carbocycles. The van der Waals surface area contributed by atoms with Crippen LogP contribution in [0.1, 0.15) is 102 Å². The Bertz CT molecular complexity index is 503. The molecule has 0 aliphatic carbocycles. The predicted octanol–water partition coefficient (Wildman–Crippen LogP) is 6.50. The first-order chi connectivity index (χ1) is 14.1. The highest BCUT2D eigenvalue weighted by Crippen LogP contribution is 2.18. The van der Waals surface area contributed by atoms with Crippen molar-refractivity contribution in [1.29, 1.82) is 0 Å². The smallest absolute Gasteiger partial charge is 0.303 e. The van der Waals surface area contributed by atoms with Crippen molar-refractivity contribution in [3.8, 4) is 0 Å². The largest absolute Gasteiger partial charge is 0.481 e. The van der Waals surface area contributed by atoms with Gasteiger partial charge in [-0.1, -0.05) is 88.6 Å². The van der Waals surface area contributed by atoms with E-state index < -0.39 is 5.97 Å². The van der Waals surface area contributed by atoms with Crippen molar-refractivity contribution in [3.05, 3.63) is 35.9 Å². The summed E-state index contributed by atoms with van der Waals surface area (Å²) in [7, 11) is 0. The topological polar surface area (TPSA) is 66.8 Å². The van der Waals surface area contributed by atoms with E-state index in [0.29, 0.717) is 6.61 Å². The second kappa shape index (κ2) is 17.5. The summed E-state index contributed by atoms with van der Waals surface area (Å²) in [6.07, 6.45) is 13.7. The Balaban J connectivity index is 2.26. The molecule has 0 amide bonds. The van der Waals surface area contributed by atoms with E-state index in [0.717, 1.165) is 51.4 Å². The molecule has 2 unspecified atom stereocenters. The number of hydrogen-bond donors (Lipinski definition) is 2. The molecule has 0 radical (unpaired) electrons. The first-order valence-electron chi connectivity index (χ1n) is 11.7. The molecule has 4 nitrogen and oxygen atoms in total. The summed E-state index contributed by atoms with van der Waals surface area (Å²) >= 11 is 0. The molecule has 0 bridgehead atoms. The SMILES string of the molecule is CCCCCCCC(CCC(O)CCCCCCC(=O)O)OCc1ccccc1. The number of carboxylic acids is 1. The van der Waals surface area contributed by atoms with E-state index in [2.05, 4.69) is 19.1 Å². The third kappa shape index (κ3) is 15.2. The van der Waals surface area contributed by atoms with Crippen molar-refractivity contribution >= 4 is 5.97 Å². The Morgan fingerprint density at radius 2 is 1.52 bits per heavy atom. The minimum Gasteiger partial charge on any atom is -0.481 e. The number of benzene rings is 1. The van der Waals surface area contributed by atoms with E-state index in [4.69, 9.17) is 9.84 Å². The van der Waals surface area contributed by atoms with Crippen molar-refractivity contribution in [2.24, 2.45) is 0 Å². The zero-order valence-corrected chi connectivity index (χ0v) is 18.4. The number of ether oxygens (including phenoxy) is 1. The Hall–Kier alpha value is -1.39. The third-order valence-electron chi connectivity index (χ3n) is 5.46. The highest BCUT2D eigenvalue weighted by Gasteiger charge is 2.13. The van der Waals surface area contributed by atoms with Gasteiger partial charge in [-0.3, -0.25) is 4.79 Å². The number of carboxylic acid groups (broad SMARTS) is 1. The lowest BCUT2D eigenvalue weighted by atomic mass is 10.00. The summed E-state index contributed by atoms with van der Waals surface area (Å²) in [5.41, 5.74) is 1.20. The summed E-state index contributed by atoms with van der Waals surface area (Å²) in [5, 5.41) is 19.0. The number of carbonyl (C=O) groups is 1. The van der Waals surface area contributed by atoms with Crippen LogP contribution in [0.25, 0.3) is 0 Å². The van der Waals surface area contributed by atoms with Gasteiger partial charge in [-0.25, -0.2) is 0 Å². The number of aliphatic hydroxyl groups is 1. The highest BCUT2D eigenvalue weighted by molar-refractivity contribution is 5.66. The monoisotopic (exact) mass is 406 g/mol. The van der Waals surface area contributed by atoms with Crippen molar-refractivity contribution < 1.29 is 19.7 Å². The highest BCUT2D eigenvalue weighted by atomic mass is 16.5. The first kappa shape index (κ1) is 25.6. The zero-order valence-electron chi connectivity index (χ0n) is 18.4. The number of hydrogen-bond acceptors (Lipinski definition) is 3. The van der Waals surface area contributed by atoms with Crippen LogP contribution >= 0.6 is 0 Å². The van der Waals surface area contributed by atoms with Gasteiger partial charge in [0.15, 0.2) is 0 Å². The van der Waals surface area contributed by atoms with Gasteiger partial charge in [0.05, 0.1) is 18.8 Å². The lowest BCUT2D eigenvalue weighted by Gasteiger charge is -2.20. The molecule has 1 rings (SSSR count). The van der Waals surface area contributed by atoms with Gasteiger partial charge in [0.25, 0.3) is 0 Å². The van der Waals surface area contributed by atoms with Crippen molar-refractivity contribution in [1.82, 2.24) is 0 Å². The van der Waals surface area contributed by atoms with Gasteiger partial charge in [-0.15, -0.1) is 0 Å². The van der Waals surface area contributed by atoms with Crippen LogP contribution < -0.4 is 0 Å². The molecule has 29 heavy (non-hydrogen) atoms. The van der Waals surface area contributed by atoms with Crippen LogP contribution in [-0.4, -0.2) is 28.4 Å². The van der Waals surface area contributed by atoms with E-state index in [9.17, 15) is 9.90 Å². The van der Waals surface area contributed by atoms with Crippen molar-refractivity contribution in [2.45, 2.75) is 116 Å². The fraction of sp³-hybridized carbons (Fsp3) is 0.720. The van der Waals surface area contributed by atoms with Gasteiger partial charge in [-0.05, 0) is 37.7 Å². The van der Waals surface area contributed by atoms with Crippen LogP contribution in [0.5, 0.6) is 0 Å². The Labute approximate surface area is 177 Å². The fourth-order valence-electron chi connectivity index (χ4n) is 3.61. The van der Waals surface area contributed by atoms with E-state index in [-0.39, 0.29) is 18.6 Å². The molecule has 0 aliphatic rings. The number of rotatable bonds is 19. The number of unbranched alkanes of at least 4 members (excludes halogenated alkanes) is 7. The zero-order chi connectivity index (χ0) is 21.2. The lowest BCUT2D eigenvalue weighted by Crippen LogP contribution is -2.17. The van der Waals surface area contributed by atoms with Crippen LogP contribution in [0.3, 0.4) is 0 Å². The van der Waals surface area contributed by atoms with Gasteiger partial charge < -0.3 is 14.9 Å². The summed E-state index contributed by atoms with van der Waals surface area (Å²) in [6.45, 7) is 2.87. The van der Waals surface area contributed by atoms with Crippen LogP contribution in [0, 0.1) is 0 Å². The maximum atomic E-state index is 10.5. The van der Waals surface area contributed by atoms with E-state index in [1.807, 2.05) is 18.2 Å². The number of aliphatic carboxylic acids is 1. The Morgan fingerprint density at radius 3 is 2.21 bits per heavy atom. The van der Waals surface area contributed by atoms with Gasteiger partial charge in [0, 0.05) is 6.42 Å². The van der Waals surface area contributed by atoms with Gasteiger partial charge in [0.2, 0.25) is 0 Å². The maximum absolute atomic E-state index is 10.5. The second-order valence-electron chi connectivity index (χ2n) is 8.20. The summed E-state index contributed by atoms with van der Waals surface area (Å²) in [5.74, 6) is -0.721. The molecule has 0 heterocycles. The molecule has 0 saturated heterocycles. The maximum Gasteiger partial charge on any atom is 0.303 e. The predicted molar refractivity (Wildman–Crippen MR) is 119 cm³/mol. The van der Waals surface area contributed by atoms with Crippen LogP contribution in [0.4, 0.5) is 0 Å². The van der Waals surface area contributed by atoms with Crippen molar-refractivity contribution in [2.75, 3.05) is 0 Å². The molecule has 0 saturated carbocycles. The molecular formula is C25H42O4. The normalized spacial score (nSPS) is 13.3. The minimum absolute atomic E-state index is 0.210. The van der Waals surface area contributed by atoms with Gasteiger partial charge in [0.1, 0.15) is 0 Å². The molecular weight excluding hydrogens is 364 g/mol. The quantitative estimate of drug-likeness (QED) is 0.257. The molecule has 0 aliphatic heterocycles. The fourth-order valence-corrected chi connectivity index (χ4v) is 3.61.